The lowest BCUT2D eigenvalue weighted by molar-refractivity contribution is 0.418. The molecule has 4 heteroatoms. The molecule has 1 N–H and O–H groups in total. The van der Waals surface area contributed by atoms with Crippen molar-refractivity contribution in [1.29, 1.82) is 0 Å². The Kier molecular flexibility index (Phi) is 3.41. The Morgan fingerprint density at radius 2 is 2.38 bits per heavy atom. The summed E-state index contributed by atoms with van der Waals surface area (Å²) in [5.74, 6) is 0.969. The van der Waals surface area contributed by atoms with E-state index in [9.17, 15) is 0 Å². The van der Waals surface area contributed by atoms with Crippen LogP contribution in [0.2, 0.25) is 0 Å². The van der Waals surface area contributed by atoms with Crippen molar-refractivity contribution in [2.45, 2.75) is 26.4 Å². The van der Waals surface area contributed by atoms with E-state index in [0.717, 1.165) is 24.5 Å². The van der Waals surface area contributed by atoms with Gasteiger partial charge in [-0.15, -0.1) is 0 Å². The number of aryl methyl sites for hydroxylation is 1. The Bertz CT molecular complexity index is 419. The molecule has 0 aliphatic heterocycles. The Morgan fingerprint density at radius 1 is 1.50 bits per heavy atom. The van der Waals surface area contributed by atoms with Gasteiger partial charge in [0.2, 0.25) is 0 Å². The van der Waals surface area contributed by atoms with Gasteiger partial charge >= 0.3 is 0 Å². The van der Waals surface area contributed by atoms with E-state index < -0.39 is 0 Å². The summed E-state index contributed by atoms with van der Waals surface area (Å²) in [6.45, 7) is 5.84. The van der Waals surface area contributed by atoms with Crippen molar-refractivity contribution in [1.82, 2.24) is 15.1 Å². The van der Waals surface area contributed by atoms with Crippen molar-refractivity contribution in [2.75, 3.05) is 6.54 Å². The van der Waals surface area contributed by atoms with E-state index in [1.807, 2.05) is 36.0 Å². The van der Waals surface area contributed by atoms with Crippen LogP contribution in [-0.2, 0) is 6.54 Å². The third kappa shape index (κ3) is 2.73. The van der Waals surface area contributed by atoms with Crippen molar-refractivity contribution in [3.05, 3.63) is 42.1 Å². The highest BCUT2D eigenvalue weighted by molar-refractivity contribution is 5.02. The molecule has 1 unspecified atom stereocenters. The molecule has 0 aliphatic rings. The Labute approximate surface area is 95.3 Å². The van der Waals surface area contributed by atoms with Crippen LogP contribution in [0.25, 0.3) is 0 Å². The minimum Gasteiger partial charge on any atom is -0.468 e. The quantitative estimate of drug-likeness (QED) is 0.837. The summed E-state index contributed by atoms with van der Waals surface area (Å²) in [6, 6.07) is 6.14. The van der Waals surface area contributed by atoms with E-state index in [-0.39, 0.29) is 6.04 Å². The second-order valence-electron chi connectivity index (χ2n) is 3.91. The number of furan rings is 1. The number of nitrogens with zero attached hydrogens (tertiary/aromatic N) is 2. The molecule has 0 amide bonds. The summed E-state index contributed by atoms with van der Waals surface area (Å²) < 4.78 is 7.26. The summed E-state index contributed by atoms with van der Waals surface area (Å²) in [6.07, 6.45) is 3.69. The third-order valence-electron chi connectivity index (χ3n) is 2.54. The SMILES string of the molecule is Cc1ccn(CCNC(C)c2ccco2)n1. The van der Waals surface area contributed by atoms with Gasteiger partial charge in [0.1, 0.15) is 5.76 Å². The molecule has 0 aromatic carbocycles. The maximum absolute atomic E-state index is 5.32. The zero-order valence-corrected chi connectivity index (χ0v) is 9.68. The van der Waals surface area contributed by atoms with Crippen molar-refractivity contribution < 1.29 is 4.42 Å². The Morgan fingerprint density at radius 3 is 3.00 bits per heavy atom. The lowest BCUT2D eigenvalue weighted by atomic mass is 10.2. The highest BCUT2D eigenvalue weighted by Crippen LogP contribution is 2.11. The van der Waals surface area contributed by atoms with Gasteiger partial charge in [-0.2, -0.15) is 5.10 Å². The van der Waals surface area contributed by atoms with Crippen molar-refractivity contribution >= 4 is 0 Å². The average molecular weight is 219 g/mol. The molecule has 0 bridgehead atoms. The fourth-order valence-corrected chi connectivity index (χ4v) is 1.62. The van der Waals surface area contributed by atoms with Crippen LogP contribution in [0.1, 0.15) is 24.4 Å². The second kappa shape index (κ2) is 4.99. The van der Waals surface area contributed by atoms with E-state index in [1.54, 1.807) is 6.26 Å². The van der Waals surface area contributed by atoms with Crippen LogP contribution >= 0.6 is 0 Å². The normalized spacial score (nSPS) is 12.9. The molecule has 2 aromatic heterocycles. The van der Waals surface area contributed by atoms with Gasteiger partial charge in [0.05, 0.1) is 24.5 Å². The molecule has 2 aromatic rings. The van der Waals surface area contributed by atoms with Crippen LogP contribution in [0.3, 0.4) is 0 Å². The van der Waals surface area contributed by atoms with E-state index >= 15 is 0 Å². The van der Waals surface area contributed by atoms with Gasteiger partial charge in [-0.05, 0) is 32.0 Å². The molecule has 1 atom stereocenters. The number of hydrogen-bond acceptors (Lipinski definition) is 3. The molecule has 0 spiro atoms. The zero-order chi connectivity index (χ0) is 11.4. The van der Waals surface area contributed by atoms with Gasteiger partial charge in [0.15, 0.2) is 0 Å². The van der Waals surface area contributed by atoms with E-state index in [4.69, 9.17) is 4.42 Å². The minimum atomic E-state index is 0.242. The maximum atomic E-state index is 5.32. The van der Waals surface area contributed by atoms with E-state index in [2.05, 4.69) is 17.3 Å². The summed E-state index contributed by atoms with van der Waals surface area (Å²) in [5.41, 5.74) is 1.05. The highest BCUT2D eigenvalue weighted by Gasteiger charge is 2.06. The lowest BCUT2D eigenvalue weighted by Gasteiger charge is -2.10. The largest absolute Gasteiger partial charge is 0.468 e. The van der Waals surface area contributed by atoms with Gasteiger partial charge < -0.3 is 9.73 Å². The fraction of sp³-hybridized carbons (Fsp3) is 0.417. The van der Waals surface area contributed by atoms with Crippen LogP contribution in [0.5, 0.6) is 0 Å². The van der Waals surface area contributed by atoms with Gasteiger partial charge in [0.25, 0.3) is 0 Å². The van der Waals surface area contributed by atoms with Crippen molar-refractivity contribution in [3.63, 3.8) is 0 Å². The zero-order valence-electron chi connectivity index (χ0n) is 9.68. The van der Waals surface area contributed by atoms with Gasteiger partial charge in [-0.3, -0.25) is 4.68 Å². The first-order valence-corrected chi connectivity index (χ1v) is 5.52. The number of hydrogen-bond donors (Lipinski definition) is 1. The predicted molar refractivity (Wildman–Crippen MR) is 62.1 cm³/mol. The minimum absolute atomic E-state index is 0.242. The lowest BCUT2D eigenvalue weighted by Crippen LogP contribution is -2.23. The van der Waals surface area contributed by atoms with E-state index in [0.29, 0.717) is 0 Å². The highest BCUT2D eigenvalue weighted by atomic mass is 16.3. The molecule has 0 saturated carbocycles. The standard InChI is InChI=1S/C12H17N3O/c1-10-5-7-15(14-10)8-6-13-11(2)12-4-3-9-16-12/h3-5,7,9,11,13H,6,8H2,1-2H3. The first-order valence-electron chi connectivity index (χ1n) is 5.52. The van der Waals surface area contributed by atoms with Gasteiger partial charge in [0, 0.05) is 12.7 Å². The maximum Gasteiger partial charge on any atom is 0.120 e. The van der Waals surface area contributed by atoms with Gasteiger partial charge in [-0.25, -0.2) is 0 Å². The summed E-state index contributed by atoms with van der Waals surface area (Å²) in [7, 11) is 0. The topological polar surface area (TPSA) is 43.0 Å². The van der Waals surface area contributed by atoms with Crippen LogP contribution < -0.4 is 5.32 Å². The monoisotopic (exact) mass is 219 g/mol. The molecule has 0 radical (unpaired) electrons. The molecule has 0 saturated heterocycles. The fourth-order valence-electron chi connectivity index (χ4n) is 1.62. The molecule has 16 heavy (non-hydrogen) atoms. The number of nitrogens with one attached hydrogen (secondary N) is 1. The Hall–Kier alpha value is -1.55. The Balaban J connectivity index is 1.76. The summed E-state index contributed by atoms with van der Waals surface area (Å²) >= 11 is 0. The predicted octanol–water partition coefficient (Wildman–Crippen LogP) is 2.14. The van der Waals surface area contributed by atoms with Crippen LogP contribution in [-0.4, -0.2) is 16.3 Å². The van der Waals surface area contributed by atoms with Gasteiger partial charge in [-0.1, -0.05) is 0 Å². The molecule has 2 heterocycles. The summed E-state index contributed by atoms with van der Waals surface area (Å²) in [4.78, 5) is 0. The average Bonchev–Trinajstić information content (AvgIpc) is 2.89. The molecular weight excluding hydrogens is 202 g/mol. The molecule has 4 nitrogen and oxygen atoms in total. The van der Waals surface area contributed by atoms with E-state index in [1.165, 1.54) is 0 Å². The van der Waals surface area contributed by atoms with Crippen LogP contribution in [0.15, 0.2) is 35.1 Å². The number of rotatable bonds is 5. The molecule has 2 rings (SSSR count). The van der Waals surface area contributed by atoms with Crippen LogP contribution in [0, 0.1) is 6.92 Å². The smallest absolute Gasteiger partial charge is 0.120 e. The molecule has 0 fully saturated rings. The van der Waals surface area contributed by atoms with Crippen LogP contribution in [0.4, 0.5) is 0 Å². The first kappa shape index (κ1) is 11.0. The van der Waals surface area contributed by atoms with Crippen molar-refractivity contribution in [3.8, 4) is 0 Å². The first-order chi connectivity index (χ1) is 7.75. The molecule has 0 aliphatic carbocycles. The molecular formula is C12H17N3O. The summed E-state index contributed by atoms with van der Waals surface area (Å²) in [5, 5.41) is 7.71. The molecule has 86 valence electrons. The second-order valence-corrected chi connectivity index (χ2v) is 3.91. The van der Waals surface area contributed by atoms with Crippen molar-refractivity contribution in [2.24, 2.45) is 0 Å². The third-order valence-corrected chi connectivity index (χ3v) is 2.54. The number of aromatic nitrogens is 2.